The molecule has 0 aromatic heterocycles. The molecule has 0 bridgehead atoms. The Hall–Kier alpha value is -0.640. The molecule has 1 unspecified atom stereocenters. The van der Waals surface area contributed by atoms with E-state index >= 15 is 0 Å². The molecule has 0 saturated carbocycles. The van der Waals surface area contributed by atoms with E-state index in [9.17, 15) is 9.36 Å². The van der Waals surface area contributed by atoms with Gasteiger partial charge in [0, 0.05) is 5.57 Å². The molecule has 82 valence electrons. The van der Waals surface area contributed by atoms with E-state index in [4.69, 9.17) is 14.5 Å². The molecule has 0 saturated heterocycles. The van der Waals surface area contributed by atoms with Crippen molar-refractivity contribution in [2.75, 3.05) is 0 Å². The highest BCUT2D eigenvalue weighted by Crippen LogP contribution is 2.53. The van der Waals surface area contributed by atoms with Crippen molar-refractivity contribution in [1.82, 2.24) is 0 Å². The van der Waals surface area contributed by atoms with Gasteiger partial charge < -0.3 is 14.5 Å². The molecule has 1 atom stereocenters. The Morgan fingerprint density at radius 3 is 2.21 bits per heavy atom. The summed E-state index contributed by atoms with van der Waals surface area (Å²) < 4.78 is 15.7. The van der Waals surface area contributed by atoms with Crippen LogP contribution < -0.4 is 0 Å². The van der Waals surface area contributed by atoms with Gasteiger partial charge in [0.15, 0.2) is 0 Å². The zero-order valence-corrected chi connectivity index (χ0v) is 9.38. The quantitative estimate of drug-likeness (QED) is 0.427. The Labute approximate surface area is 82.9 Å². The van der Waals surface area contributed by atoms with Crippen molar-refractivity contribution in [3.63, 3.8) is 0 Å². The van der Waals surface area contributed by atoms with Crippen LogP contribution in [0.4, 0.5) is 0 Å². The summed E-state index contributed by atoms with van der Waals surface area (Å²) in [5, 5.41) is -1.76. The van der Waals surface area contributed by atoms with Gasteiger partial charge in [-0.2, -0.15) is 0 Å². The lowest BCUT2D eigenvalue weighted by atomic mass is 10.3. The highest BCUT2D eigenvalue weighted by atomic mass is 31.2. The van der Waals surface area contributed by atoms with Crippen LogP contribution in [0.2, 0.25) is 0 Å². The van der Waals surface area contributed by atoms with Gasteiger partial charge in [-0.1, -0.05) is 13.5 Å². The van der Waals surface area contributed by atoms with Crippen LogP contribution in [-0.4, -0.2) is 21.1 Å². The first kappa shape index (κ1) is 13.4. The van der Waals surface area contributed by atoms with E-state index < -0.39 is 18.9 Å². The minimum atomic E-state index is -4.47. The summed E-state index contributed by atoms with van der Waals surface area (Å²) in [6, 6.07) is 0. The van der Waals surface area contributed by atoms with Crippen molar-refractivity contribution in [3.05, 3.63) is 12.2 Å². The summed E-state index contributed by atoms with van der Waals surface area (Å²) in [4.78, 5) is 29.0. The zero-order valence-electron chi connectivity index (χ0n) is 8.48. The molecule has 0 aliphatic heterocycles. The van der Waals surface area contributed by atoms with Gasteiger partial charge >= 0.3 is 13.6 Å². The third kappa shape index (κ3) is 2.94. The molecule has 14 heavy (non-hydrogen) atoms. The Morgan fingerprint density at radius 2 is 2.00 bits per heavy atom. The minimum absolute atomic E-state index is 0.0380. The standard InChI is InChI=1S/C8H15O5P/c1-5-8(4,14(10,11)12)13-7(9)6(2)3/h2,5H2,1,3-4H3,(H2,10,11,12). The molecule has 0 fully saturated rings. The van der Waals surface area contributed by atoms with Crippen LogP contribution >= 0.6 is 7.60 Å². The van der Waals surface area contributed by atoms with Crippen molar-refractivity contribution < 1.29 is 23.9 Å². The monoisotopic (exact) mass is 222 g/mol. The van der Waals surface area contributed by atoms with Crippen LogP contribution in [0, 0.1) is 0 Å². The van der Waals surface area contributed by atoms with Crippen molar-refractivity contribution >= 4 is 13.6 Å². The highest BCUT2D eigenvalue weighted by molar-refractivity contribution is 7.53. The second-order valence-corrected chi connectivity index (χ2v) is 5.28. The first-order chi connectivity index (χ1) is 6.14. The molecule has 0 heterocycles. The van der Waals surface area contributed by atoms with Crippen LogP contribution in [-0.2, 0) is 14.1 Å². The molecule has 0 rings (SSSR count). The molecule has 0 spiro atoms. The second kappa shape index (κ2) is 4.26. The van der Waals surface area contributed by atoms with E-state index in [2.05, 4.69) is 6.58 Å². The lowest BCUT2D eigenvalue weighted by molar-refractivity contribution is -0.147. The van der Waals surface area contributed by atoms with E-state index in [0.717, 1.165) is 0 Å². The number of rotatable bonds is 4. The number of ether oxygens (including phenoxy) is 1. The van der Waals surface area contributed by atoms with Gasteiger partial charge in [0.1, 0.15) is 0 Å². The smallest absolute Gasteiger partial charge is 0.368 e. The lowest BCUT2D eigenvalue weighted by Gasteiger charge is -2.28. The fourth-order valence-electron chi connectivity index (χ4n) is 0.624. The first-order valence-electron chi connectivity index (χ1n) is 4.08. The molecule has 0 aromatic rings. The third-order valence-electron chi connectivity index (χ3n) is 1.93. The zero-order chi connectivity index (χ0) is 11.6. The van der Waals surface area contributed by atoms with Crippen molar-refractivity contribution in [2.24, 2.45) is 0 Å². The molecule has 6 heteroatoms. The van der Waals surface area contributed by atoms with Crippen molar-refractivity contribution in [1.29, 1.82) is 0 Å². The van der Waals surface area contributed by atoms with E-state index in [1.165, 1.54) is 20.8 Å². The SMILES string of the molecule is C=C(C)C(=O)OC(C)(CC)P(=O)(O)O. The molecule has 2 N–H and O–H groups in total. The molecule has 0 radical (unpaired) electrons. The number of esters is 1. The Morgan fingerprint density at radius 1 is 1.57 bits per heavy atom. The molecule has 5 nitrogen and oxygen atoms in total. The normalized spacial score (nSPS) is 15.8. The highest BCUT2D eigenvalue weighted by Gasteiger charge is 2.44. The molecule has 0 aliphatic rings. The summed E-state index contributed by atoms with van der Waals surface area (Å²) in [5.74, 6) is -0.794. The van der Waals surface area contributed by atoms with E-state index in [1.807, 2.05) is 0 Å². The second-order valence-electron chi connectivity index (χ2n) is 3.24. The van der Waals surface area contributed by atoms with Gasteiger partial charge in [-0.3, -0.25) is 4.57 Å². The number of carbonyl (C=O) groups is 1. The maximum atomic E-state index is 11.1. The maximum Gasteiger partial charge on any atom is 0.368 e. The summed E-state index contributed by atoms with van der Waals surface area (Å²) in [6.45, 7) is 7.48. The molecular formula is C8H15O5P. The molecular weight excluding hydrogens is 207 g/mol. The predicted molar refractivity (Wildman–Crippen MR) is 51.6 cm³/mol. The van der Waals surface area contributed by atoms with Crippen LogP contribution in [0.5, 0.6) is 0 Å². The summed E-state index contributed by atoms with van der Waals surface area (Å²) in [6.07, 6.45) is 0.0380. The number of hydrogen-bond donors (Lipinski definition) is 2. The maximum absolute atomic E-state index is 11.1. The average Bonchev–Trinajstić information content (AvgIpc) is 2.01. The van der Waals surface area contributed by atoms with Gasteiger partial charge in [0.25, 0.3) is 0 Å². The van der Waals surface area contributed by atoms with Crippen LogP contribution in [0.3, 0.4) is 0 Å². The predicted octanol–water partition coefficient (Wildman–Crippen LogP) is 1.41. The summed E-state index contributed by atoms with van der Waals surface area (Å²) in [7, 11) is -4.47. The van der Waals surface area contributed by atoms with E-state index in [0.29, 0.717) is 0 Å². The van der Waals surface area contributed by atoms with E-state index in [1.54, 1.807) is 0 Å². The van der Waals surface area contributed by atoms with Crippen LogP contribution in [0.25, 0.3) is 0 Å². The average molecular weight is 222 g/mol. The van der Waals surface area contributed by atoms with Crippen molar-refractivity contribution in [2.45, 2.75) is 32.5 Å². The van der Waals surface area contributed by atoms with Gasteiger partial charge in [0.05, 0.1) is 0 Å². The Balaban J connectivity index is 4.84. The van der Waals surface area contributed by atoms with Gasteiger partial charge in [0.2, 0.25) is 5.34 Å². The summed E-state index contributed by atoms with van der Waals surface area (Å²) in [5.41, 5.74) is 0.109. The van der Waals surface area contributed by atoms with Crippen molar-refractivity contribution in [3.8, 4) is 0 Å². The Bertz CT molecular complexity index is 292. The largest absolute Gasteiger partial charge is 0.443 e. The Kier molecular flexibility index (Phi) is 4.06. The number of hydrogen-bond acceptors (Lipinski definition) is 3. The fraction of sp³-hybridized carbons (Fsp3) is 0.625. The lowest BCUT2D eigenvalue weighted by Crippen LogP contribution is -2.31. The van der Waals surface area contributed by atoms with Gasteiger partial charge in [-0.15, -0.1) is 0 Å². The van der Waals surface area contributed by atoms with Crippen LogP contribution in [0.1, 0.15) is 27.2 Å². The fourth-order valence-corrected chi connectivity index (χ4v) is 1.24. The number of carbonyl (C=O) groups excluding carboxylic acids is 1. The van der Waals surface area contributed by atoms with Gasteiger partial charge in [-0.05, 0) is 20.3 Å². The topological polar surface area (TPSA) is 83.8 Å². The molecule has 0 aromatic carbocycles. The third-order valence-corrected chi connectivity index (χ3v) is 3.57. The summed E-state index contributed by atoms with van der Waals surface area (Å²) >= 11 is 0. The van der Waals surface area contributed by atoms with E-state index in [-0.39, 0.29) is 12.0 Å². The molecule has 0 amide bonds. The molecule has 0 aliphatic carbocycles. The first-order valence-corrected chi connectivity index (χ1v) is 5.70. The minimum Gasteiger partial charge on any atom is -0.443 e. The van der Waals surface area contributed by atoms with Gasteiger partial charge in [-0.25, -0.2) is 4.79 Å². The van der Waals surface area contributed by atoms with Crippen LogP contribution in [0.15, 0.2) is 12.2 Å².